The highest BCUT2D eigenvalue weighted by Gasteiger charge is 2.49. The van der Waals surface area contributed by atoms with E-state index in [9.17, 15) is 31.2 Å². The van der Waals surface area contributed by atoms with Gasteiger partial charge in [0.15, 0.2) is 0 Å². The predicted molar refractivity (Wildman–Crippen MR) is 139 cm³/mol. The second kappa shape index (κ2) is 15.1. The van der Waals surface area contributed by atoms with Crippen molar-refractivity contribution in [3.8, 4) is 0 Å². The summed E-state index contributed by atoms with van der Waals surface area (Å²) in [4.78, 5) is 39.1. The molecule has 224 valence electrons. The average molecular weight is 589 g/mol. The van der Waals surface area contributed by atoms with Gasteiger partial charge in [0.2, 0.25) is 0 Å². The lowest BCUT2D eigenvalue weighted by Crippen LogP contribution is -2.44. The van der Waals surface area contributed by atoms with Crippen LogP contribution in [0.4, 0.5) is 0 Å². The number of hydrogen-bond donors (Lipinski definition) is 2. The number of unbranched alkanes of at least 4 members (excludes halogenated alkanes) is 1. The third kappa shape index (κ3) is 13.9. The molecule has 2 atom stereocenters. The van der Waals surface area contributed by atoms with Gasteiger partial charge in [-0.25, -0.2) is 0 Å². The molecule has 0 bridgehead atoms. The van der Waals surface area contributed by atoms with Crippen molar-refractivity contribution in [2.75, 3.05) is 31.3 Å². The van der Waals surface area contributed by atoms with E-state index in [0.29, 0.717) is 6.42 Å². The molecule has 0 aromatic carbocycles. The molecule has 0 radical (unpaired) electrons. The molecule has 0 saturated heterocycles. The molecule has 0 saturated carbocycles. The fraction of sp³-hybridized carbons (Fsp3) is 0.875. The van der Waals surface area contributed by atoms with Gasteiger partial charge in [0.05, 0.1) is 47.6 Å². The summed E-state index contributed by atoms with van der Waals surface area (Å²) in [5.74, 6) is -3.08. The van der Waals surface area contributed by atoms with Gasteiger partial charge >= 0.3 is 17.9 Å². The molecule has 0 aromatic heterocycles. The lowest BCUT2D eigenvalue weighted by atomic mass is 9.65. The maximum atomic E-state index is 13.3. The maximum absolute atomic E-state index is 13.3. The molecule has 14 heteroatoms. The number of rotatable bonds is 19. The molecule has 0 rings (SSSR count). The van der Waals surface area contributed by atoms with Crippen LogP contribution in [0.3, 0.4) is 0 Å². The predicted octanol–water partition coefficient (Wildman–Crippen LogP) is 3.20. The van der Waals surface area contributed by atoms with Crippen molar-refractivity contribution >= 4 is 38.1 Å². The van der Waals surface area contributed by atoms with Crippen molar-refractivity contribution < 1.29 is 54.5 Å². The molecule has 38 heavy (non-hydrogen) atoms. The Kier molecular flexibility index (Phi) is 14.4. The molecule has 0 aromatic rings. The first-order chi connectivity index (χ1) is 17.2. The number of ether oxygens (including phenoxy) is 3. The normalized spacial score (nSPS) is 15.7. The molecule has 0 amide bonds. The Morgan fingerprint density at radius 2 is 1.03 bits per heavy atom. The van der Waals surface area contributed by atoms with E-state index in [-0.39, 0.29) is 51.9 Å². The zero-order chi connectivity index (χ0) is 29.8. The van der Waals surface area contributed by atoms with Crippen LogP contribution in [0.5, 0.6) is 0 Å². The van der Waals surface area contributed by atoms with Gasteiger partial charge in [-0.15, -0.1) is 0 Å². The van der Waals surface area contributed by atoms with Crippen molar-refractivity contribution in [3.63, 3.8) is 0 Å². The van der Waals surface area contributed by atoms with E-state index in [2.05, 4.69) is 0 Å². The van der Waals surface area contributed by atoms with Crippen molar-refractivity contribution in [1.82, 2.24) is 0 Å². The van der Waals surface area contributed by atoms with Crippen LogP contribution in [-0.4, -0.2) is 75.2 Å². The summed E-state index contributed by atoms with van der Waals surface area (Å²) in [5.41, 5.74) is -3.75. The Balaban J connectivity index is 5.72. The first-order valence-corrected chi connectivity index (χ1v) is 15.9. The van der Waals surface area contributed by atoms with Crippen LogP contribution in [0.15, 0.2) is 0 Å². The van der Waals surface area contributed by atoms with Crippen LogP contribution < -0.4 is 0 Å². The van der Waals surface area contributed by atoms with Crippen molar-refractivity contribution in [2.45, 2.75) is 86.5 Å². The molecular formula is C24H44O12S2. The molecular weight excluding hydrogens is 544 g/mol. The monoisotopic (exact) mass is 588 g/mol. The van der Waals surface area contributed by atoms with Crippen LogP contribution in [0.2, 0.25) is 0 Å². The Hall–Kier alpha value is -1.77. The van der Waals surface area contributed by atoms with Crippen molar-refractivity contribution in [1.29, 1.82) is 0 Å². The fourth-order valence-electron chi connectivity index (χ4n) is 4.12. The topological polar surface area (TPSA) is 188 Å². The van der Waals surface area contributed by atoms with Gasteiger partial charge < -0.3 is 14.2 Å². The fourth-order valence-corrected chi connectivity index (χ4v) is 5.09. The molecule has 0 fully saturated rings. The Morgan fingerprint density at radius 3 is 1.42 bits per heavy atom. The first-order valence-electron chi connectivity index (χ1n) is 12.6. The van der Waals surface area contributed by atoms with Gasteiger partial charge in [-0.3, -0.25) is 23.5 Å². The van der Waals surface area contributed by atoms with Gasteiger partial charge in [0, 0.05) is 0 Å². The summed E-state index contributed by atoms with van der Waals surface area (Å²) >= 11 is 0. The minimum Gasteiger partial charge on any atom is -0.465 e. The molecule has 0 aliphatic heterocycles. The first kappa shape index (κ1) is 36.2. The minimum absolute atomic E-state index is 0.0436. The van der Waals surface area contributed by atoms with E-state index in [1.54, 1.807) is 34.6 Å². The molecule has 2 unspecified atom stereocenters. The Morgan fingerprint density at radius 1 is 0.632 bits per heavy atom. The highest BCUT2D eigenvalue weighted by Crippen LogP contribution is 2.45. The summed E-state index contributed by atoms with van der Waals surface area (Å²) in [7, 11) is -8.39. The van der Waals surface area contributed by atoms with E-state index >= 15 is 0 Å². The molecule has 0 aliphatic carbocycles. The number of hydrogen-bond acceptors (Lipinski definition) is 10. The summed E-state index contributed by atoms with van der Waals surface area (Å²) in [6.45, 7) is 9.66. The molecule has 0 heterocycles. The van der Waals surface area contributed by atoms with Gasteiger partial charge in [0.25, 0.3) is 20.2 Å². The zero-order valence-electron chi connectivity index (χ0n) is 23.3. The number of carbonyl (C=O) groups excluding carboxylic acids is 3. The van der Waals surface area contributed by atoms with Crippen LogP contribution in [0, 0.1) is 16.2 Å². The third-order valence-electron chi connectivity index (χ3n) is 6.22. The van der Waals surface area contributed by atoms with Gasteiger partial charge in [-0.2, -0.15) is 16.8 Å². The van der Waals surface area contributed by atoms with Crippen LogP contribution in [0.25, 0.3) is 0 Å². The van der Waals surface area contributed by atoms with Crippen molar-refractivity contribution in [2.24, 2.45) is 16.2 Å². The minimum atomic E-state index is -4.20. The summed E-state index contributed by atoms with van der Waals surface area (Å²) in [6.07, 6.45) is 1.37. The lowest BCUT2D eigenvalue weighted by Gasteiger charge is -2.39. The van der Waals surface area contributed by atoms with E-state index in [0.717, 1.165) is 6.42 Å². The highest BCUT2D eigenvalue weighted by atomic mass is 32.2. The Labute approximate surface area is 226 Å². The van der Waals surface area contributed by atoms with Gasteiger partial charge in [-0.1, -0.05) is 20.3 Å². The number of esters is 3. The smallest absolute Gasteiger partial charge is 0.311 e. The molecule has 0 spiro atoms. The maximum Gasteiger partial charge on any atom is 0.311 e. The third-order valence-corrected chi connectivity index (χ3v) is 7.83. The number of carbonyl (C=O) groups is 3. The highest BCUT2D eigenvalue weighted by molar-refractivity contribution is 7.86. The van der Waals surface area contributed by atoms with Gasteiger partial charge in [-0.05, 0) is 66.2 Å². The van der Waals surface area contributed by atoms with Crippen molar-refractivity contribution in [3.05, 3.63) is 0 Å². The van der Waals surface area contributed by atoms with E-state index in [4.69, 9.17) is 23.3 Å². The van der Waals surface area contributed by atoms with Crippen LogP contribution in [-0.2, 0) is 48.8 Å². The summed E-state index contributed by atoms with van der Waals surface area (Å²) in [6, 6.07) is 0. The van der Waals surface area contributed by atoms with E-state index in [1.807, 2.05) is 6.92 Å². The quantitative estimate of drug-likeness (QED) is 0.0972. The molecule has 0 aliphatic rings. The van der Waals surface area contributed by atoms with Crippen LogP contribution >= 0.6 is 0 Å². The summed E-state index contributed by atoms with van der Waals surface area (Å²) < 4.78 is 77.2. The second-order valence-corrected chi connectivity index (χ2v) is 13.9. The zero-order valence-corrected chi connectivity index (χ0v) is 24.9. The largest absolute Gasteiger partial charge is 0.465 e. The molecule has 12 nitrogen and oxygen atoms in total. The van der Waals surface area contributed by atoms with E-state index in [1.165, 1.54) is 0 Å². The average Bonchev–Trinajstić information content (AvgIpc) is 2.77. The van der Waals surface area contributed by atoms with Crippen LogP contribution in [0.1, 0.15) is 86.5 Å². The summed E-state index contributed by atoms with van der Waals surface area (Å²) in [5, 5.41) is 0. The standard InChI is InChI=1S/C24H44O12S2/c1-7-9-12-35-21(27)24(6,17-22(3,4)19(25)34-13-10-15-37(28,29)30)18-23(5,8-2)20(26)36-14-11-16-38(31,32)33/h7-18H2,1-6H3,(H,28,29,30)(H,31,32,33). The van der Waals surface area contributed by atoms with E-state index < -0.39 is 65.9 Å². The Bertz CT molecular complexity index is 1000. The lowest BCUT2D eigenvalue weighted by molar-refractivity contribution is -0.168. The molecule has 2 N–H and O–H groups in total. The SMILES string of the molecule is CCCCOC(=O)C(C)(CC(C)(C)C(=O)OCCCS(=O)(=O)O)CC(C)(CC)C(=O)OCCCS(=O)(=O)O. The van der Waals surface area contributed by atoms with Gasteiger partial charge in [0.1, 0.15) is 0 Å². The second-order valence-electron chi connectivity index (χ2n) is 10.8.